The number of rotatable bonds is 6. The Bertz CT molecular complexity index is 971. The smallest absolute Gasteiger partial charge is 0.408 e. The maximum atomic E-state index is 12.0. The summed E-state index contributed by atoms with van der Waals surface area (Å²) in [6.07, 6.45) is -0.851. The Labute approximate surface area is 188 Å². The molecule has 1 aromatic carbocycles. The molecule has 12 heteroatoms. The van der Waals surface area contributed by atoms with Gasteiger partial charge in [-0.3, -0.25) is 0 Å². The second kappa shape index (κ2) is 9.88. The van der Waals surface area contributed by atoms with E-state index in [1.54, 1.807) is 32.9 Å². The maximum absolute atomic E-state index is 12.0. The van der Waals surface area contributed by atoms with E-state index in [1.165, 1.54) is 28.0 Å². The predicted molar refractivity (Wildman–Crippen MR) is 115 cm³/mol. The monoisotopic (exact) mass is 523 g/mol. The minimum absolute atomic E-state index is 0.0351. The number of carbonyl (C=O) groups excluding carboxylic acids is 1. The van der Waals surface area contributed by atoms with Gasteiger partial charge in [-0.05, 0) is 64.7 Å². The molecule has 2 N–H and O–H groups in total. The number of carboxylic acids is 1. The molecule has 8 nitrogen and oxygen atoms in total. The second-order valence-corrected chi connectivity index (χ2v) is 9.86. The number of methoxy groups -OCH3 is 1. The standard InChI is InChI=1S/C17H19BrClN3O5S2/c1-17(2,3)27-16(25)21-11(15(23)24)6-8-5-10(9(18)7-12(8)26-4)20-14-13(19)22-29-28-14/h5,7,11H,6H2,1-4H3,(H,21,25)(H,23,24). The molecule has 1 heterocycles. The van der Waals surface area contributed by atoms with Crippen LogP contribution in [-0.2, 0) is 16.0 Å². The van der Waals surface area contributed by atoms with Crippen molar-refractivity contribution in [1.29, 1.82) is 0 Å². The van der Waals surface area contributed by atoms with Gasteiger partial charge in [0.1, 0.15) is 17.4 Å². The highest BCUT2D eigenvalue weighted by Gasteiger charge is 2.26. The molecule has 2 rings (SSSR count). The van der Waals surface area contributed by atoms with Crippen LogP contribution in [0.5, 0.6) is 5.75 Å². The summed E-state index contributed by atoms with van der Waals surface area (Å²) in [5.74, 6) is -0.752. The van der Waals surface area contributed by atoms with E-state index in [-0.39, 0.29) is 6.42 Å². The van der Waals surface area contributed by atoms with Crippen molar-refractivity contribution in [2.45, 2.75) is 38.8 Å². The number of hydrogen-bond donors (Lipinski definition) is 2. The number of nitrogens with zero attached hydrogens (tertiary/aromatic N) is 2. The first-order chi connectivity index (χ1) is 13.5. The minimum atomic E-state index is -1.22. The Balaban J connectivity index is 2.36. The number of carboxylic acid groups (broad SMARTS) is 1. The van der Waals surface area contributed by atoms with Crippen LogP contribution < -0.4 is 14.7 Å². The molecule has 0 saturated heterocycles. The summed E-state index contributed by atoms with van der Waals surface area (Å²) in [6.45, 7) is 5.08. The molecule has 158 valence electrons. The first-order valence-electron chi connectivity index (χ1n) is 8.25. The zero-order chi connectivity index (χ0) is 21.8. The minimum Gasteiger partial charge on any atom is -0.496 e. The van der Waals surface area contributed by atoms with Crippen molar-refractivity contribution in [2.75, 3.05) is 7.11 Å². The van der Waals surface area contributed by atoms with E-state index in [9.17, 15) is 14.7 Å². The van der Waals surface area contributed by atoms with Crippen LogP contribution in [0.2, 0.25) is 5.15 Å². The maximum Gasteiger partial charge on any atom is 0.408 e. The average molecular weight is 525 g/mol. The quantitative estimate of drug-likeness (QED) is 0.543. The number of halogens is 2. The molecule has 0 aliphatic heterocycles. The van der Waals surface area contributed by atoms with Crippen molar-refractivity contribution in [3.8, 4) is 5.75 Å². The van der Waals surface area contributed by atoms with E-state index in [0.717, 1.165) is 0 Å². The number of carbonyl (C=O) groups is 2. The Morgan fingerprint density at radius 1 is 1.41 bits per heavy atom. The van der Waals surface area contributed by atoms with Crippen LogP contribution in [0.25, 0.3) is 0 Å². The number of aliphatic carboxylic acids is 1. The van der Waals surface area contributed by atoms with E-state index >= 15 is 0 Å². The van der Waals surface area contributed by atoms with Crippen LogP contribution in [0.1, 0.15) is 26.3 Å². The lowest BCUT2D eigenvalue weighted by molar-refractivity contribution is -0.139. The van der Waals surface area contributed by atoms with E-state index in [0.29, 0.717) is 31.3 Å². The van der Waals surface area contributed by atoms with Gasteiger partial charge in [-0.2, -0.15) is 4.37 Å². The molecular weight excluding hydrogens is 506 g/mol. The van der Waals surface area contributed by atoms with Crippen molar-refractivity contribution < 1.29 is 24.2 Å². The van der Waals surface area contributed by atoms with Crippen molar-refractivity contribution >= 4 is 66.2 Å². The number of aromatic nitrogens is 1. The van der Waals surface area contributed by atoms with E-state index in [1.807, 2.05) is 0 Å². The molecule has 1 amide bonds. The number of hydrogen-bond acceptors (Lipinski definition) is 8. The topological polar surface area (TPSA) is 110 Å². The summed E-state index contributed by atoms with van der Waals surface area (Å²) in [7, 11) is 4.00. The first kappa shape index (κ1) is 23.6. The molecule has 1 aromatic heterocycles. The van der Waals surface area contributed by atoms with Crippen LogP contribution in [0, 0.1) is 0 Å². The highest BCUT2D eigenvalue weighted by molar-refractivity contribution is 9.10. The van der Waals surface area contributed by atoms with Gasteiger partial charge in [0.2, 0.25) is 0 Å². The fourth-order valence-electron chi connectivity index (χ4n) is 2.23. The number of amides is 1. The van der Waals surface area contributed by atoms with E-state index in [2.05, 4.69) is 30.6 Å². The Hall–Kier alpha value is -1.69. The zero-order valence-electron chi connectivity index (χ0n) is 16.0. The predicted octanol–water partition coefficient (Wildman–Crippen LogP) is 4.38. The summed E-state index contributed by atoms with van der Waals surface area (Å²) >= 11 is 9.44. The van der Waals surface area contributed by atoms with E-state index in [4.69, 9.17) is 21.1 Å². The second-order valence-electron chi connectivity index (χ2n) is 6.81. The lowest BCUT2D eigenvalue weighted by Crippen LogP contribution is -2.44. The Kier molecular flexibility index (Phi) is 8.03. The number of benzene rings is 1. The molecule has 0 aliphatic rings. The first-order valence-corrected chi connectivity index (χ1v) is 11.5. The van der Waals surface area contributed by atoms with Crippen molar-refractivity contribution in [3.05, 3.63) is 32.0 Å². The summed E-state index contributed by atoms with van der Waals surface area (Å²) in [5.41, 5.74) is 0.325. The molecule has 1 atom stereocenters. The molecule has 1 unspecified atom stereocenters. The van der Waals surface area contributed by atoms with Gasteiger partial charge in [0.05, 0.1) is 12.8 Å². The van der Waals surface area contributed by atoms with Crippen LogP contribution in [-0.4, -0.2) is 40.3 Å². The van der Waals surface area contributed by atoms with Crippen LogP contribution in [0.15, 0.2) is 21.6 Å². The molecule has 29 heavy (non-hydrogen) atoms. The van der Waals surface area contributed by atoms with Crippen molar-refractivity contribution in [3.63, 3.8) is 0 Å². The average Bonchev–Trinajstić information content (AvgIpc) is 2.99. The van der Waals surface area contributed by atoms with Gasteiger partial charge in [-0.25, -0.2) is 14.6 Å². The lowest BCUT2D eigenvalue weighted by atomic mass is 10.0. The SMILES string of the molecule is COc1cc(Br)c(N=c2ssnc2Cl)cc1CC(NC(=O)OC(C)(C)C)C(=O)O. The fraction of sp³-hybridized carbons (Fsp3) is 0.412. The summed E-state index contributed by atoms with van der Waals surface area (Å²) in [6, 6.07) is 2.14. The lowest BCUT2D eigenvalue weighted by Gasteiger charge is -2.22. The highest BCUT2D eigenvalue weighted by Crippen LogP contribution is 2.34. The van der Waals surface area contributed by atoms with Crippen molar-refractivity contribution in [1.82, 2.24) is 9.69 Å². The molecule has 0 aliphatic carbocycles. The molecule has 0 radical (unpaired) electrons. The highest BCUT2D eigenvalue weighted by atomic mass is 79.9. The van der Waals surface area contributed by atoms with Gasteiger partial charge in [-0.1, -0.05) is 11.6 Å². The largest absolute Gasteiger partial charge is 0.496 e. The fourth-order valence-corrected chi connectivity index (χ4v) is 4.62. The number of ether oxygens (including phenoxy) is 2. The van der Waals surface area contributed by atoms with Crippen LogP contribution in [0.4, 0.5) is 10.5 Å². The molecule has 0 fully saturated rings. The van der Waals surface area contributed by atoms with Crippen LogP contribution in [0.3, 0.4) is 0 Å². The van der Waals surface area contributed by atoms with Gasteiger partial charge < -0.3 is 19.9 Å². The zero-order valence-corrected chi connectivity index (χ0v) is 20.0. The summed E-state index contributed by atoms with van der Waals surface area (Å²) in [4.78, 5) is 28.2. The molecule has 0 bridgehead atoms. The van der Waals surface area contributed by atoms with Gasteiger partial charge in [-0.15, -0.1) is 0 Å². The third-order valence-electron chi connectivity index (χ3n) is 3.40. The number of nitrogens with one attached hydrogen (secondary N) is 1. The normalized spacial score (nSPS) is 13.1. The molecular formula is C17H19BrClN3O5S2. The van der Waals surface area contributed by atoms with Gasteiger partial charge in [0.15, 0.2) is 9.82 Å². The Morgan fingerprint density at radius 3 is 2.62 bits per heavy atom. The van der Waals surface area contributed by atoms with Crippen LogP contribution >= 0.6 is 48.4 Å². The Morgan fingerprint density at radius 2 is 2.10 bits per heavy atom. The van der Waals surface area contributed by atoms with Crippen molar-refractivity contribution in [2.24, 2.45) is 4.99 Å². The third-order valence-corrected chi connectivity index (χ3v) is 6.20. The molecule has 0 saturated carbocycles. The van der Waals surface area contributed by atoms with E-state index < -0.39 is 23.7 Å². The van der Waals surface area contributed by atoms with Gasteiger partial charge >= 0.3 is 12.1 Å². The van der Waals surface area contributed by atoms with Gasteiger partial charge in [0.25, 0.3) is 0 Å². The third kappa shape index (κ3) is 6.95. The number of alkyl carbamates (subject to hydrolysis) is 1. The van der Waals surface area contributed by atoms with Gasteiger partial charge in [0, 0.05) is 21.4 Å². The molecule has 2 aromatic rings. The summed E-state index contributed by atoms with van der Waals surface area (Å²) < 4.78 is 15.7. The molecule has 0 spiro atoms. The summed E-state index contributed by atoms with van der Waals surface area (Å²) in [5, 5.41) is 12.2.